The van der Waals surface area contributed by atoms with Crippen molar-refractivity contribution in [2.45, 2.75) is 0 Å². The van der Waals surface area contributed by atoms with Crippen LogP contribution in [0.3, 0.4) is 0 Å². The molecule has 0 saturated heterocycles. The minimum atomic E-state index is -3.36. The average Bonchev–Trinajstić information content (AvgIpc) is 1.87. The molecule has 0 unspecified atom stereocenters. The van der Waals surface area contributed by atoms with E-state index in [9.17, 15) is 4.57 Å². The molecule has 0 rings (SSSR count). The number of nitrogens with zero attached hydrogens (tertiary/aromatic N) is 1. The van der Waals surface area contributed by atoms with Gasteiger partial charge in [0.05, 0.1) is 0 Å². The van der Waals surface area contributed by atoms with Gasteiger partial charge in [-0.1, -0.05) is 0 Å². The first-order valence-corrected chi connectivity index (χ1v) is 3.35. The monoisotopic (exact) mass is 135 g/mol. The third-order valence-electron chi connectivity index (χ3n) is 0.603. The molecule has 0 N–H and O–H groups in total. The second-order valence-electron chi connectivity index (χ2n) is 0.963. The molecule has 0 aliphatic carbocycles. The van der Waals surface area contributed by atoms with E-state index in [4.69, 9.17) is 5.26 Å². The molecule has 0 aromatic rings. The van der Waals surface area contributed by atoms with Crippen LogP contribution in [0.4, 0.5) is 0 Å². The lowest BCUT2D eigenvalue weighted by Crippen LogP contribution is -1.82. The molecule has 0 fully saturated rings. The van der Waals surface area contributed by atoms with E-state index in [0.717, 1.165) is 14.2 Å². The molecule has 0 aliphatic rings. The zero-order valence-electron chi connectivity index (χ0n) is 4.62. The second kappa shape index (κ2) is 2.83. The molecule has 8 heavy (non-hydrogen) atoms. The maximum Gasteiger partial charge on any atom is 0.430 e. The Morgan fingerprint density at radius 1 is 1.50 bits per heavy atom. The molecular weight excluding hydrogens is 129 g/mol. The fourth-order valence-corrected chi connectivity index (χ4v) is 0.469. The van der Waals surface area contributed by atoms with E-state index >= 15 is 0 Å². The number of hydrogen-bond donors (Lipinski definition) is 0. The van der Waals surface area contributed by atoms with E-state index in [1.165, 1.54) is 5.81 Å². The van der Waals surface area contributed by atoms with E-state index < -0.39 is 7.60 Å². The maximum absolute atomic E-state index is 10.5. The van der Waals surface area contributed by atoms with Gasteiger partial charge in [-0.15, -0.1) is 0 Å². The smallest absolute Gasteiger partial charge is 0.301 e. The summed E-state index contributed by atoms with van der Waals surface area (Å²) in [6.45, 7) is 0. The lowest BCUT2D eigenvalue weighted by Gasteiger charge is -2.00. The van der Waals surface area contributed by atoms with Gasteiger partial charge in [0, 0.05) is 14.2 Å². The third kappa shape index (κ3) is 1.63. The van der Waals surface area contributed by atoms with Crippen molar-refractivity contribution in [2.24, 2.45) is 0 Å². The molecule has 0 heterocycles. The summed E-state index contributed by atoms with van der Waals surface area (Å²) < 4.78 is 18.9. The summed E-state index contributed by atoms with van der Waals surface area (Å²) in [6, 6.07) is 0. The van der Waals surface area contributed by atoms with Crippen LogP contribution in [-0.4, -0.2) is 14.2 Å². The average molecular weight is 135 g/mol. The zero-order chi connectivity index (χ0) is 6.62. The van der Waals surface area contributed by atoms with Gasteiger partial charge < -0.3 is 9.05 Å². The molecule has 0 aromatic heterocycles. The molecule has 4 nitrogen and oxygen atoms in total. The lowest BCUT2D eigenvalue weighted by molar-refractivity contribution is 0.288. The highest BCUT2D eigenvalue weighted by Crippen LogP contribution is 2.44. The first-order chi connectivity index (χ1) is 3.68. The van der Waals surface area contributed by atoms with Crippen LogP contribution in [-0.2, 0) is 13.6 Å². The number of nitriles is 1. The molecule has 0 atom stereocenters. The topological polar surface area (TPSA) is 59.3 Å². The van der Waals surface area contributed by atoms with Crippen LogP contribution in [0.15, 0.2) is 0 Å². The SMILES string of the molecule is COP(=O)(C#N)OC. The van der Waals surface area contributed by atoms with Crippen LogP contribution >= 0.6 is 7.60 Å². The van der Waals surface area contributed by atoms with Crippen molar-refractivity contribution in [1.29, 1.82) is 5.26 Å². The third-order valence-corrected chi connectivity index (χ3v) is 1.81. The van der Waals surface area contributed by atoms with Crippen LogP contribution < -0.4 is 0 Å². The maximum atomic E-state index is 10.5. The highest BCUT2D eigenvalue weighted by molar-refractivity contribution is 7.59. The van der Waals surface area contributed by atoms with Gasteiger partial charge in [0.2, 0.25) is 0 Å². The molecule has 0 aliphatic heterocycles. The fourth-order valence-electron chi connectivity index (χ4n) is 0.156. The van der Waals surface area contributed by atoms with Gasteiger partial charge in [-0.2, -0.15) is 5.26 Å². The lowest BCUT2D eigenvalue weighted by atomic mass is 11.8. The van der Waals surface area contributed by atoms with Crippen LogP contribution in [0.5, 0.6) is 0 Å². The summed E-state index contributed by atoms with van der Waals surface area (Å²) in [5.41, 5.74) is 0. The first kappa shape index (κ1) is 7.64. The molecule has 0 spiro atoms. The van der Waals surface area contributed by atoms with Gasteiger partial charge in [0.15, 0.2) is 5.81 Å². The first-order valence-electron chi connectivity index (χ1n) is 1.81. The normalized spacial score (nSPS) is 10.6. The van der Waals surface area contributed by atoms with Crippen molar-refractivity contribution in [1.82, 2.24) is 0 Å². The largest absolute Gasteiger partial charge is 0.430 e. The van der Waals surface area contributed by atoms with Crippen molar-refractivity contribution in [2.75, 3.05) is 14.2 Å². The van der Waals surface area contributed by atoms with E-state index in [2.05, 4.69) is 9.05 Å². The Balaban J connectivity index is 4.06. The Hall–Kier alpha value is -0.360. The minimum absolute atomic E-state index is 1.16. The van der Waals surface area contributed by atoms with Crippen LogP contribution in [0.2, 0.25) is 0 Å². The Labute approximate surface area is 47.6 Å². The van der Waals surface area contributed by atoms with Crippen LogP contribution in [0, 0.1) is 11.1 Å². The summed E-state index contributed by atoms with van der Waals surface area (Å²) in [4.78, 5) is 0. The number of hydrogen-bond acceptors (Lipinski definition) is 4. The van der Waals surface area contributed by atoms with E-state index in [1.807, 2.05) is 0 Å². The molecule has 0 amide bonds. The Bertz CT molecular complexity index is 141. The molecule has 0 bridgehead atoms. The highest BCUT2D eigenvalue weighted by Gasteiger charge is 2.18. The quantitative estimate of drug-likeness (QED) is 0.529. The van der Waals surface area contributed by atoms with Gasteiger partial charge in [-0.25, -0.2) is 4.57 Å². The van der Waals surface area contributed by atoms with Crippen molar-refractivity contribution >= 4 is 7.60 Å². The molecule has 0 radical (unpaired) electrons. The minimum Gasteiger partial charge on any atom is -0.301 e. The van der Waals surface area contributed by atoms with Crippen molar-refractivity contribution in [3.05, 3.63) is 0 Å². The molecule has 0 aromatic carbocycles. The molecule has 46 valence electrons. The summed E-state index contributed by atoms with van der Waals surface area (Å²) in [5, 5.41) is 8.02. The van der Waals surface area contributed by atoms with Gasteiger partial charge in [0.1, 0.15) is 0 Å². The summed E-state index contributed by atoms with van der Waals surface area (Å²) >= 11 is 0. The van der Waals surface area contributed by atoms with E-state index in [1.54, 1.807) is 0 Å². The predicted molar refractivity (Wildman–Crippen MR) is 27.2 cm³/mol. The van der Waals surface area contributed by atoms with E-state index in [-0.39, 0.29) is 0 Å². The van der Waals surface area contributed by atoms with Gasteiger partial charge in [-0.05, 0) is 0 Å². The molecule has 5 heteroatoms. The van der Waals surface area contributed by atoms with Crippen LogP contribution in [0.25, 0.3) is 0 Å². The van der Waals surface area contributed by atoms with Crippen LogP contribution in [0.1, 0.15) is 0 Å². The highest BCUT2D eigenvalue weighted by atomic mass is 31.2. The Kier molecular flexibility index (Phi) is 2.70. The Morgan fingerprint density at radius 3 is 1.88 bits per heavy atom. The van der Waals surface area contributed by atoms with Crippen molar-refractivity contribution in [3.8, 4) is 5.81 Å². The number of rotatable bonds is 2. The summed E-state index contributed by atoms with van der Waals surface area (Å²) in [6.07, 6.45) is 0. The predicted octanol–water partition coefficient (Wildman–Crippen LogP) is 0.953. The molecule has 0 saturated carbocycles. The van der Waals surface area contributed by atoms with Crippen molar-refractivity contribution in [3.63, 3.8) is 0 Å². The summed E-state index contributed by atoms with van der Waals surface area (Å²) in [5.74, 6) is 1.39. The van der Waals surface area contributed by atoms with Gasteiger partial charge in [-0.3, -0.25) is 0 Å². The fraction of sp³-hybridized carbons (Fsp3) is 0.667. The standard InChI is InChI=1S/C3H6NO3P/c1-6-8(5,3-4)7-2/h1-2H3. The van der Waals surface area contributed by atoms with Crippen molar-refractivity contribution < 1.29 is 13.6 Å². The van der Waals surface area contributed by atoms with E-state index in [0.29, 0.717) is 0 Å². The zero-order valence-corrected chi connectivity index (χ0v) is 5.51. The summed E-state index contributed by atoms with van der Waals surface area (Å²) in [7, 11) is -1.04. The second-order valence-corrected chi connectivity index (χ2v) is 2.89. The Morgan fingerprint density at radius 2 is 1.88 bits per heavy atom. The van der Waals surface area contributed by atoms with Gasteiger partial charge >= 0.3 is 7.60 Å². The molecular formula is C3H6NO3P. The van der Waals surface area contributed by atoms with Gasteiger partial charge in [0.25, 0.3) is 0 Å².